The van der Waals surface area contributed by atoms with Gasteiger partial charge in [-0.05, 0) is 48.0 Å². The molecule has 0 fully saturated rings. The highest BCUT2D eigenvalue weighted by atomic mass is 32.2. The van der Waals surface area contributed by atoms with E-state index in [2.05, 4.69) is 15.5 Å². The molecule has 0 bridgehead atoms. The lowest BCUT2D eigenvalue weighted by atomic mass is 10.1. The van der Waals surface area contributed by atoms with Crippen molar-refractivity contribution >= 4 is 17.5 Å². The fourth-order valence-corrected chi connectivity index (χ4v) is 3.12. The number of halogens is 1. The van der Waals surface area contributed by atoms with Crippen LogP contribution < -0.4 is 0 Å². The Morgan fingerprint density at radius 3 is 2.79 bits per heavy atom. The Balaban J connectivity index is 1.78. The number of thioether (sulfide) groups is 1. The number of aromatic nitrogens is 4. The van der Waals surface area contributed by atoms with E-state index in [1.807, 2.05) is 32.0 Å². The minimum absolute atomic E-state index is 0.134. The average molecular weight is 342 g/mol. The molecule has 0 N–H and O–H groups in total. The Labute approximate surface area is 142 Å². The van der Waals surface area contributed by atoms with Crippen molar-refractivity contribution in [3.8, 4) is 5.69 Å². The van der Waals surface area contributed by atoms with Gasteiger partial charge in [0.15, 0.2) is 5.78 Å². The van der Waals surface area contributed by atoms with Crippen LogP contribution in [-0.4, -0.2) is 31.7 Å². The number of hydrogen-bond acceptors (Lipinski definition) is 5. The second-order valence-electron chi connectivity index (χ2n) is 5.39. The highest BCUT2D eigenvalue weighted by Crippen LogP contribution is 2.22. The lowest BCUT2D eigenvalue weighted by Gasteiger charge is -2.08. The van der Waals surface area contributed by atoms with Gasteiger partial charge in [0.1, 0.15) is 5.82 Å². The van der Waals surface area contributed by atoms with Gasteiger partial charge in [0.05, 0.1) is 11.4 Å². The molecule has 2 aromatic carbocycles. The van der Waals surface area contributed by atoms with Gasteiger partial charge in [-0.1, -0.05) is 41.6 Å². The van der Waals surface area contributed by atoms with E-state index in [4.69, 9.17) is 0 Å². The number of aryl methyl sites for hydroxylation is 2. The fraction of sp³-hybridized carbons (Fsp3) is 0.176. The van der Waals surface area contributed by atoms with Crippen LogP contribution in [0, 0.1) is 19.7 Å². The molecule has 0 aliphatic rings. The number of carbonyl (C=O) groups excluding carboxylic acids is 1. The maximum absolute atomic E-state index is 13.2. The van der Waals surface area contributed by atoms with E-state index in [-0.39, 0.29) is 11.5 Å². The van der Waals surface area contributed by atoms with Gasteiger partial charge < -0.3 is 0 Å². The summed E-state index contributed by atoms with van der Waals surface area (Å²) in [4.78, 5) is 12.2. The van der Waals surface area contributed by atoms with Crippen molar-refractivity contribution in [3.63, 3.8) is 0 Å². The smallest absolute Gasteiger partial charge is 0.214 e. The van der Waals surface area contributed by atoms with Crippen LogP contribution in [0.1, 0.15) is 21.5 Å². The number of rotatable bonds is 5. The first-order valence-corrected chi connectivity index (χ1v) is 8.31. The highest BCUT2D eigenvalue weighted by Gasteiger charge is 2.14. The summed E-state index contributed by atoms with van der Waals surface area (Å²) >= 11 is 1.23. The molecule has 3 rings (SSSR count). The summed E-state index contributed by atoms with van der Waals surface area (Å²) in [5.41, 5.74) is 3.40. The predicted octanol–water partition coefficient (Wildman–Crippen LogP) is 3.39. The second kappa shape index (κ2) is 6.92. The first-order valence-electron chi connectivity index (χ1n) is 7.32. The van der Waals surface area contributed by atoms with E-state index in [0.29, 0.717) is 10.7 Å². The van der Waals surface area contributed by atoms with E-state index in [0.717, 1.165) is 16.8 Å². The van der Waals surface area contributed by atoms with E-state index < -0.39 is 5.82 Å². The van der Waals surface area contributed by atoms with Gasteiger partial charge in [-0.2, -0.15) is 4.68 Å². The summed E-state index contributed by atoms with van der Waals surface area (Å²) in [5.74, 6) is -0.463. The monoisotopic (exact) mass is 342 g/mol. The molecule has 0 amide bonds. The minimum atomic E-state index is -0.425. The quantitative estimate of drug-likeness (QED) is 0.525. The van der Waals surface area contributed by atoms with Crippen LogP contribution in [0.5, 0.6) is 0 Å². The Morgan fingerprint density at radius 2 is 2.04 bits per heavy atom. The average Bonchev–Trinajstić information content (AvgIpc) is 3.01. The van der Waals surface area contributed by atoms with Crippen molar-refractivity contribution in [3.05, 3.63) is 65.0 Å². The first-order chi connectivity index (χ1) is 11.5. The first kappa shape index (κ1) is 16.3. The Morgan fingerprint density at radius 1 is 1.21 bits per heavy atom. The zero-order valence-corrected chi connectivity index (χ0v) is 14.0. The number of carbonyl (C=O) groups is 1. The van der Waals surface area contributed by atoms with Crippen molar-refractivity contribution in [2.75, 3.05) is 5.75 Å². The molecule has 0 radical (unpaired) electrons. The topological polar surface area (TPSA) is 60.7 Å². The SMILES string of the molecule is Cc1ccc(-n2nnnc2SCC(=O)c2cccc(F)c2)c(C)c1. The molecule has 24 heavy (non-hydrogen) atoms. The van der Waals surface area contributed by atoms with Crippen LogP contribution in [0.25, 0.3) is 5.69 Å². The molecule has 0 saturated carbocycles. The normalized spacial score (nSPS) is 10.8. The molecule has 7 heteroatoms. The van der Waals surface area contributed by atoms with Gasteiger partial charge in [-0.15, -0.1) is 5.10 Å². The minimum Gasteiger partial charge on any atom is -0.293 e. The zero-order chi connectivity index (χ0) is 17.1. The third-order valence-electron chi connectivity index (χ3n) is 3.50. The summed E-state index contributed by atoms with van der Waals surface area (Å²) in [7, 11) is 0. The lowest BCUT2D eigenvalue weighted by Crippen LogP contribution is -2.06. The maximum atomic E-state index is 13.2. The van der Waals surface area contributed by atoms with Gasteiger partial charge >= 0.3 is 0 Å². The molecule has 1 heterocycles. The maximum Gasteiger partial charge on any atom is 0.214 e. The van der Waals surface area contributed by atoms with E-state index >= 15 is 0 Å². The molecular weight excluding hydrogens is 327 g/mol. The number of nitrogens with zero attached hydrogens (tertiary/aromatic N) is 4. The number of Topliss-reactive ketones (excluding diaryl/α,β-unsaturated/α-hetero) is 1. The largest absolute Gasteiger partial charge is 0.293 e. The fourth-order valence-electron chi connectivity index (χ4n) is 2.34. The molecule has 0 aliphatic heterocycles. The summed E-state index contributed by atoms with van der Waals surface area (Å²) in [6.07, 6.45) is 0. The Kier molecular flexibility index (Phi) is 4.71. The van der Waals surface area contributed by atoms with Gasteiger partial charge in [0.25, 0.3) is 0 Å². The summed E-state index contributed by atoms with van der Waals surface area (Å²) < 4.78 is 14.8. The second-order valence-corrected chi connectivity index (χ2v) is 6.33. The molecule has 1 aromatic heterocycles. The van der Waals surface area contributed by atoms with Crippen molar-refractivity contribution in [1.82, 2.24) is 20.2 Å². The summed E-state index contributed by atoms with van der Waals surface area (Å²) in [6.45, 7) is 4.00. The highest BCUT2D eigenvalue weighted by molar-refractivity contribution is 7.99. The molecule has 0 unspecified atom stereocenters. The van der Waals surface area contributed by atoms with Crippen molar-refractivity contribution in [2.24, 2.45) is 0 Å². The third kappa shape index (κ3) is 3.51. The van der Waals surface area contributed by atoms with Crippen LogP contribution in [0.3, 0.4) is 0 Å². The van der Waals surface area contributed by atoms with Gasteiger partial charge in [0.2, 0.25) is 5.16 Å². The van der Waals surface area contributed by atoms with Crippen LogP contribution in [0.4, 0.5) is 4.39 Å². The van der Waals surface area contributed by atoms with Gasteiger partial charge in [-0.3, -0.25) is 4.79 Å². The molecule has 122 valence electrons. The van der Waals surface area contributed by atoms with Crippen molar-refractivity contribution in [2.45, 2.75) is 19.0 Å². The molecular formula is C17H15FN4OS. The van der Waals surface area contributed by atoms with Crippen LogP contribution in [0.15, 0.2) is 47.6 Å². The standard InChI is InChI=1S/C17H15FN4OS/c1-11-6-7-15(12(2)8-11)22-17(19-20-21-22)24-10-16(23)13-4-3-5-14(18)9-13/h3-9H,10H2,1-2H3. The molecule has 0 aliphatic carbocycles. The van der Waals surface area contributed by atoms with Crippen LogP contribution >= 0.6 is 11.8 Å². The van der Waals surface area contributed by atoms with Crippen molar-refractivity contribution in [1.29, 1.82) is 0 Å². The summed E-state index contributed by atoms with van der Waals surface area (Å²) in [6, 6.07) is 11.6. The van der Waals surface area contributed by atoms with Gasteiger partial charge in [-0.25, -0.2) is 4.39 Å². The van der Waals surface area contributed by atoms with Crippen LogP contribution in [-0.2, 0) is 0 Å². The number of tetrazole rings is 1. The number of benzene rings is 2. The molecule has 0 atom stereocenters. The zero-order valence-electron chi connectivity index (χ0n) is 13.2. The van der Waals surface area contributed by atoms with Crippen molar-refractivity contribution < 1.29 is 9.18 Å². The molecule has 0 spiro atoms. The Bertz CT molecular complexity index is 894. The van der Waals surface area contributed by atoms with Crippen LogP contribution in [0.2, 0.25) is 0 Å². The van der Waals surface area contributed by atoms with E-state index in [9.17, 15) is 9.18 Å². The number of hydrogen-bond donors (Lipinski definition) is 0. The summed E-state index contributed by atoms with van der Waals surface area (Å²) in [5, 5.41) is 12.2. The third-order valence-corrected chi connectivity index (χ3v) is 4.42. The predicted molar refractivity (Wildman–Crippen MR) is 90.1 cm³/mol. The Hall–Kier alpha value is -2.54. The number of ketones is 1. The van der Waals surface area contributed by atoms with E-state index in [1.54, 1.807) is 10.7 Å². The molecule has 0 saturated heterocycles. The molecule has 5 nitrogen and oxygen atoms in total. The van der Waals surface area contributed by atoms with E-state index in [1.165, 1.54) is 30.0 Å². The molecule has 3 aromatic rings. The van der Waals surface area contributed by atoms with Gasteiger partial charge in [0, 0.05) is 5.56 Å². The lowest BCUT2D eigenvalue weighted by molar-refractivity contribution is 0.102.